The van der Waals surface area contributed by atoms with Gasteiger partial charge in [-0.2, -0.15) is 0 Å². The van der Waals surface area contributed by atoms with E-state index in [0.29, 0.717) is 0 Å². The summed E-state index contributed by atoms with van der Waals surface area (Å²) < 4.78 is 3.88. The van der Waals surface area contributed by atoms with Gasteiger partial charge in [-0.05, 0) is 6.92 Å². The molecule has 0 aromatic heterocycles. The van der Waals surface area contributed by atoms with Gasteiger partial charge in [0.05, 0.1) is 0 Å². The summed E-state index contributed by atoms with van der Waals surface area (Å²) in [5.41, 5.74) is 0.220. The van der Waals surface area contributed by atoms with Crippen molar-refractivity contribution >= 4 is 12.4 Å². The number of ether oxygens (including phenoxy) is 1. The Hall–Kier alpha value is -0.497. The Balaban J connectivity index is 0. The van der Waals surface area contributed by atoms with Crippen LogP contribution in [0.25, 0.3) is 0 Å². The fourth-order valence-corrected chi connectivity index (χ4v) is 0.144. The second kappa shape index (κ2) is 5.64. The molecule has 0 aliphatic carbocycles. The van der Waals surface area contributed by atoms with Gasteiger partial charge >= 0.3 is 12.4 Å². The molecule has 0 saturated carbocycles. The van der Waals surface area contributed by atoms with Crippen LogP contribution in [0.3, 0.4) is 0 Å². The van der Waals surface area contributed by atoms with E-state index in [0.717, 1.165) is 0 Å². The molecular formula is C5H6O3Zn. The summed E-state index contributed by atoms with van der Waals surface area (Å²) in [6.07, 6.45) is 0. The van der Waals surface area contributed by atoms with E-state index in [1.807, 2.05) is 0 Å². The van der Waals surface area contributed by atoms with Crippen molar-refractivity contribution in [3.63, 3.8) is 0 Å². The Morgan fingerprint density at radius 2 is 2.11 bits per heavy atom. The van der Waals surface area contributed by atoms with Crippen molar-refractivity contribution in [2.24, 2.45) is 0 Å². The van der Waals surface area contributed by atoms with E-state index in [-0.39, 0.29) is 31.5 Å². The van der Waals surface area contributed by atoms with Gasteiger partial charge in [-0.3, -0.25) is 4.79 Å². The fraction of sp³-hybridized carbons (Fsp3) is 0.200. The molecule has 3 nitrogen and oxygen atoms in total. The van der Waals surface area contributed by atoms with Crippen molar-refractivity contribution < 1.29 is 33.8 Å². The third kappa shape index (κ3) is 5.37. The zero-order valence-electron chi connectivity index (χ0n) is 5.22. The number of hydrogen-bond donors (Lipinski definition) is 0. The van der Waals surface area contributed by atoms with Gasteiger partial charge in [-0.15, -0.1) is 0 Å². The van der Waals surface area contributed by atoms with Crippen LogP contribution >= 0.6 is 0 Å². The third-order valence-corrected chi connectivity index (χ3v) is 0.504. The van der Waals surface area contributed by atoms with E-state index in [9.17, 15) is 9.59 Å². The summed E-state index contributed by atoms with van der Waals surface area (Å²) in [5.74, 6) is -0.681. The van der Waals surface area contributed by atoms with E-state index in [2.05, 4.69) is 11.3 Å². The van der Waals surface area contributed by atoms with Crippen molar-refractivity contribution in [1.29, 1.82) is 0 Å². The summed E-state index contributed by atoms with van der Waals surface area (Å²) in [6, 6.07) is 0. The van der Waals surface area contributed by atoms with Crippen molar-refractivity contribution in [2.75, 3.05) is 0 Å². The summed E-state index contributed by atoms with van der Waals surface area (Å²) in [7, 11) is 0. The molecule has 0 amide bonds. The molecule has 4 heteroatoms. The summed E-state index contributed by atoms with van der Waals surface area (Å²) in [4.78, 5) is 19.6. The number of rotatable bonds is 2. The van der Waals surface area contributed by atoms with Gasteiger partial charge in [0.2, 0.25) is 0 Å². The predicted octanol–water partition coefficient (Wildman–Crippen LogP) is 0.260. The Labute approximate surface area is 65.8 Å². The van der Waals surface area contributed by atoms with Crippen LogP contribution in [0.2, 0.25) is 0 Å². The number of hydrogen-bond acceptors (Lipinski definition) is 3. The molecule has 0 heterocycles. The Kier molecular flexibility index (Phi) is 7.09. The Bertz CT molecular complexity index is 130. The average molecular weight is 179 g/mol. The minimum absolute atomic E-state index is 0. The normalized spacial score (nSPS) is 6.78. The predicted molar refractivity (Wildman–Crippen MR) is 27.0 cm³/mol. The maximum atomic E-state index is 10.2. The molecule has 0 atom stereocenters. The minimum atomic E-state index is -0.681. The zero-order chi connectivity index (χ0) is 6.57. The first kappa shape index (κ1) is 11.3. The van der Waals surface area contributed by atoms with Gasteiger partial charge in [-0.1, -0.05) is 6.58 Å². The minimum Gasteiger partial charge on any atom is -0.392 e. The molecule has 0 fully saturated rings. The first-order valence-corrected chi connectivity index (χ1v) is 1.98. The van der Waals surface area contributed by atoms with Crippen LogP contribution in [-0.2, 0) is 33.8 Å². The molecule has 0 rings (SSSR count). The molecule has 0 aromatic rings. The molecule has 0 aromatic carbocycles. The Morgan fingerprint density at radius 1 is 1.67 bits per heavy atom. The van der Waals surface area contributed by atoms with E-state index >= 15 is 0 Å². The van der Waals surface area contributed by atoms with Crippen molar-refractivity contribution in [3.8, 4) is 0 Å². The Morgan fingerprint density at radius 3 is 2.22 bits per heavy atom. The molecule has 0 radical (unpaired) electrons. The molecule has 0 N–H and O–H groups in total. The van der Waals surface area contributed by atoms with Crippen LogP contribution in [0.5, 0.6) is 0 Å². The average Bonchev–Trinajstić information content (AvgIpc) is 1.67. The van der Waals surface area contributed by atoms with E-state index < -0.39 is 5.97 Å². The molecule has 0 aliphatic rings. The molecule has 46 valence electrons. The van der Waals surface area contributed by atoms with Gasteiger partial charge in [0.1, 0.15) is 0 Å². The number of esters is 1. The van der Waals surface area contributed by atoms with Crippen LogP contribution < -0.4 is 0 Å². The smallest absolute Gasteiger partial charge is 0.340 e. The summed E-state index contributed by atoms with van der Waals surface area (Å²) in [6.45, 7) is 4.78. The largest absolute Gasteiger partial charge is 0.392 e. The van der Waals surface area contributed by atoms with Crippen LogP contribution in [0, 0.1) is 0 Å². The molecular weight excluding hydrogens is 173 g/mol. The maximum absolute atomic E-state index is 10.2. The monoisotopic (exact) mass is 178 g/mol. The maximum Gasteiger partial charge on any atom is 0.340 e. The zero-order valence-corrected chi connectivity index (χ0v) is 8.18. The third-order valence-electron chi connectivity index (χ3n) is 0.504. The SMILES string of the molecule is C=C(C)C(=O)OC=O.[Zn]. The van der Waals surface area contributed by atoms with Gasteiger partial charge in [-0.25, -0.2) is 4.79 Å². The van der Waals surface area contributed by atoms with Crippen LogP contribution in [-0.4, -0.2) is 12.4 Å². The molecule has 0 aliphatic heterocycles. The van der Waals surface area contributed by atoms with Crippen molar-refractivity contribution in [2.45, 2.75) is 6.92 Å². The molecule has 0 saturated heterocycles. The van der Waals surface area contributed by atoms with E-state index in [1.165, 1.54) is 6.92 Å². The van der Waals surface area contributed by atoms with Crippen LogP contribution in [0.4, 0.5) is 0 Å². The first-order chi connectivity index (χ1) is 3.68. The van der Waals surface area contributed by atoms with Gasteiger partial charge in [0.15, 0.2) is 0 Å². The standard InChI is InChI=1S/C5H6O3.Zn/c1-4(2)5(7)8-3-6;/h3H,1H2,2H3;. The summed E-state index contributed by atoms with van der Waals surface area (Å²) >= 11 is 0. The van der Waals surface area contributed by atoms with E-state index in [4.69, 9.17) is 0 Å². The van der Waals surface area contributed by atoms with Crippen LogP contribution in [0.1, 0.15) is 6.92 Å². The fourth-order valence-electron chi connectivity index (χ4n) is 0.144. The van der Waals surface area contributed by atoms with Gasteiger partial charge in [0.25, 0.3) is 0 Å². The van der Waals surface area contributed by atoms with Crippen LogP contribution in [0.15, 0.2) is 12.2 Å². The molecule has 0 bridgehead atoms. The van der Waals surface area contributed by atoms with Gasteiger partial charge in [0, 0.05) is 25.1 Å². The summed E-state index contributed by atoms with van der Waals surface area (Å²) in [5, 5.41) is 0. The van der Waals surface area contributed by atoms with Crippen molar-refractivity contribution in [3.05, 3.63) is 12.2 Å². The topological polar surface area (TPSA) is 43.4 Å². The number of carbonyl (C=O) groups is 2. The second-order valence-corrected chi connectivity index (χ2v) is 1.28. The number of carbonyl (C=O) groups excluding carboxylic acids is 2. The quantitative estimate of drug-likeness (QED) is 0.201. The molecule has 0 unspecified atom stereocenters. The van der Waals surface area contributed by atoms with Crippen molar-refractivity contribution in [1.82, 2.24) is 0 Å². The van der Waals surface area contributed by atoms with Gasteiger partial charge < -0.3 is 4.74 Å². The van der Waals surface area contributed by atoms with E-state index in [1.54, 1.807) is 0 Å². The second-order valence-electron chi connectivity index (χ2n) is 1.28. The first-order valence-electron chi connectivity index (χ1n) is 1.98. The molecule has 9 heavy (non-hydrogen) atoms. The molecule has 0 spiro atoms.